The van der Waals surface area contributed by atoms with Crippen molar-refractivity contribution in [2.24, 2.45) is 0 Å². The molecule has 0 aliphatic carbocycles. The van der Waals surface area contributed by atoms with E-state index < -0.39 is 9.84 Å². The fraction of sp³-hybridized carbons (Fsp3) is 0.611. The fourth-order valence-corrected chi connectivity index (χ4v) is 6.26. The van der Waals surface area contributed by atoms with Crippen molar-refractivity contribution in [3.63, 3.8) is 0 Å². The summed E-state index contributed by atoms with van der Waals surface area (Å²) in [7, 11) is -3.02. The molecule has 2 aliphatic heterocycles. The van der Waals surface area contributed by atoms with Crippen LogP contribution in [0.25, 0.3) is 0 Å². The normalized spacial score (nSPS) is 26.2. The Hall–Kier alpha value is -1.64. The van der Waals surface area contributed by atoms with E-state index in [1.165, 1.54) is 0 Å². The number of hydrogen-bond acceptors (Lipinski definition) is 6. The smallest absolute Gasteiger partial charge is 0.153 e. The number of aryl methyl sites for hydroxylation is 2. The van der Waals surface area contributed by atoms with E-state index in [4.69, 9.17) is 4.42 Å². The molecule has 0 bridgehead atoms. The first-order valence-electron chi connectivity index (χ1n) is 9.19. The Kier molecular flexibility index (Phi) is 4.66. The molecular weight excluding hydrogens is 352 g/mol. The molecule has 0 N–H and O–H groups in total. The molecule has 2 atom stereocenters. The van der Waals surface area contributed by atoms with Crippen molar-refractivity contribution >= 4 is 9.84 Å². The van der Waals surface area contributed by atoms with Crippen LogP contribution in [0, 0.1) is 6.92 Å². The zero-order chi connectivity index (χ0) is 18.3. The van der Waals surface area contributed by atoms with E-state index in [1.54, 1.807) is 0 Å². The highest BCUT2D eigenvalue weighted by molar-refractivity contribution is 7.91. The van der Waals surface area contributed by atoms with Gasteiger partial charge in [0, 0.05) is 44.1 Å². The van der Waals surface area contributed by atoms with Crippen LogP contribution in [-0.4, -0.2) is 64.4 Å². The molecule has 0 aromatic carbocycles. The maximum Gasteiger partial charge on any atom is 0.153 e. The molecule has 0 unspecified atom stereocenters. The van der Waals surface area contributed by atoms with Crippen LogP contribution >= 0.6 is 0 Å². The van der Waals surface area contributed by atoms with Crippen molar-refractivity contribution in [2.45, 2.75) is 45.6 Å². The Morgan fingerprint density at radius 3 is 2.46 bits per heavy atom. The van der Waals surface area contributed by atoms with Crippen LogP contribution in [-0.2, 0) is 29.5 Å². The highest BCUT2D eigenvalue weighted by atomic mass is 32.2. The summed E-state index contributed by atoms with van der Waals surface area (Å²) in [4.78, 5) is 9.04. The molecule has 0 radical (unpaired) electrons. The van der Waals surface area contributed by atoms with Gasteiger partial charge in [-0.3, -0.25) is 9.80 Å². The third-order valence-corrected chi connectivity index (χ3v) is 7.25. The lowest BCUT2D eigenvalue weighted by Gasteiger charge is -2.43. The molecule has 8 heteroatoms. The predicted octanol–water partition coefficient (Wildman–Crippen LogP) is 1.29. The first-order chi connectivity index (χ1) is 12.4. The van der Waals surface area contributed by atoms with Crippen LogP contribution in [0.1, 0.15) is 24.3 Å². The summed E-state index contributed by atoms with van der Waals surface area (Å²) in [6.45, 7) is 7.94. The molecule has 4 rings (SSSR count). The molecule has 2 aliphatic rings. The molecule has 0 amide bonds. The van der Waals surface area contributed by atoms with Gasteiger partial charge in [-0.2, -0.15) is 0 Å². The van der Waals surface area contributed by atoms with Crippen LogP contribution in [0.5, 0.6) is 0 Å². The molecule has 0 spiro atoms. The standard InChI is InChI=1S/C18H26N4O3S/c1-3-20-7-6-19-18(20)11-22-9-8-21(10-15-5-4-14(2)25-15)16-12-26(23,24)13-17(16)22/h4-7,16-17H,3,8-13H2,1-2H3/t16-,17+/m0/s1. The average Bonchev–Trinajstić information content (AvgIpc) is 3.28. The van der Waals surface area contributed by atoms with Crippen molar-refractivity contribution in [3.8, 4) is 0 Å². The zero-order valence-corrected chi connectivity index (χ0v) is 16.2. The third-order valence-electron chi connectivity index (χ3n) is 5.55. The summed E-state index contributed by atoms with van der Waals surface area (Å²) in [5.41, 5.74) is 0. The molecular formula is C18H26N4O3S. The van der Waals surface area contributed by atoms with Gasteiger partial charge in [-0.1, -0.05) is 0 Å². The SMILES string of the molecule is CCn1ccnc1CN1CCN(Cc2ccc(C)o2)[C@H]2CS(=O)(=O)C[C@H]21. The van der Waals surface area contributed by atoms with Gasteiger partial charge in [0.25, 0.3) is 0 Å². The summed E-state index contributed by atoms with van der Waals surface area (Å²) in [5.74, 6) is 3.26. The molecule has 4 heterocycles. The predicted molar refractivity (Wildman–Crippen MR) is 98.4 cm³/mol. The number of imidazole rings is 1. The molecule has 0 saturated carbocycles. The van der Waals surface area contributed by atoms with Crippen LogP contribution in [0.3, 0.4) is 0 Å². The molecule has 2 saturated heterocycles. The molecule has 2 aromatic rings. The van der Waals surface area contributed by atoms with Gasteiger partial charge in [-0.25, -0.2) is 13.4 Å². The quantitative estimate of drug-likeness (QED) is 0.781. The second kappa shape index (κ2) is 6.83. The average molecular weight is 378 g/mol. The van der Waals surface area contributed by atoms with Gasteiger partial charge in [-0.05, 0) is 26.0 Å². The molecule has 2 fully saturated rings. The van der Waals surface area contributed by atoms with E-state index in [-0.39, 0.29) is 23.6 Å². The summed E-state index contributed by atoms with van der Waals surface area (Å²) in [6.07, 6.45) is 3.80. The van der Waals surface area contributed by atoms with Crippen LogP contribution in [0.2, 0.25) is 0 Å². The number of sulfone groups is 1. The summed E-state index contributed by atoms with van der Waals surface area (Å²) in [6, 6.07) is 3.98. The Balaban J connectivity index is 1.53. The molecule has 2 aromatic heterocycles. The molecule has 7 nitrogen and oxygen atoms in total. The van der Waals surface area contributed by atoms with Crippen molar-refractivity contribution in [3.05, 3.63) is 41.9 Å². The van der Waals surface area contributed by atoms with Gasteiger partial charge in [0.2, 0.25) is 0 Å². The Morgan fingerprint density at radius 1 is 1.15 bits per heavy atom. The minimum atomic E-state index is -3.02. The Labute approximate surface area is 154 Å². The molecule has 26 heavy (non-hydrogen) atoms. The number of aromatic nitrogens is 2. The van der Waals surface area contributed by atoms with Crippen molar-refractivity contribution in [1.29, 1.82) is 0 Å². The van der Waals surface area contributed by atoms with E-state index in [2.05, 4.69) is 26.3 Å². The lowest BCUT2D eigenvalue weighted by molar-refractivity contribution is 0.0296. The van der Waals surface area contributed by atoms with E-state index in [1.807, 2.05) is 31.5 Å². The van der Waals surface area contributed by atoms with Gasteiger partial charge in [-0.15, -0.1) is 0 Å². The summed E-state index contributed by atoms with van der Waals surface area (Å²) in [5, 5.41) is 0. The zero-order valence-electron chi connectivity index (χ0n) is 15.3. The number of hydrogen-bond donors (Lipinski definition) is 0. The monoisotopic (exact) mass is 378 g/mol. The van der Waals surface area contributed by atoms with Crippen LogP contribution in [0.15, 0.2) is 28.9 Å². The van der Waals surface area contributed by atoms with Crippen molar-refractivity contribution in [2.75, 3.05) is 24.6 Å². The number of rotatable bonds is 5. The minimum absolute atomic E-state index is 0.0178. The second-order valence-electron chi connectivity index (χ2n) is 7.29. The number of furan rings is 1. The Morgan fingerprint density at radius 2 is 1.85 bits per heavy atom. The van der Waals surface area contributed by atoms with Gasteiger partial charge in [0.05, 0.1) is 24.6 Å². The maximum atomic E-state index is 12.4. The lowest BCUT2D eigenvalue weighted by atomic mass is 10.0. The third kappa shape index (κ3) is 3.45. The van der Waals surface area contributed by atoms with Gasteiger partial charge in [0.15, 0.2) is 9.84 Å². The first kappa shape index (κ1) is 17.8. The molecule has 142 valence electrons. The lowest BCUT2D eigenvalue weighted by Crippen LogP contribution is -2.58. The maximum absolute atomic E-state index is 12.4. The highest BCUT2D eigenvalue weighted by Gasteiger charge is 2.46. The highest BCUT2D eigenvalue weighted by Crippen LogP contribution is 2.29. The van der Waals surface area contributed by atoms with Crippen molar-refractivity contribution in [1.82, 2.24) is 19.4 Å². The first-order valence-corrected chi connectivity index (χ1v) is 11.0. The van der Waals surface area contributed by atoms with E-state index >= 15 is 0 Å². The van der Waals surface area contributed by atoms with Crippen molar-refractivity contribution < 1.29 is 12.8 Å². The van der Waals surface area contributed by atoms with E-state index in [0.29, 0.717) is 13.1 Å². The number of piperazine rings is 1. The van der Waals surface area contributed by atoms with E-state index in [0.717, 1.165) is 37.0 Å². The summed E-state index contributed by atoms with van der Waals surface area (Å²) < 4.78 is 32.6. The fourth-order valence-electron chi connectivity index (χ4n) is 4.22. The number of fused-ring (bicyclic) bond motifs is 1. The van der Waals surface area contributed by atoms with E-state index in [9.17, 15) is 8.42 Å². The largest absolute Gasteiger partial charge is 0.465 e. The van der Waals surface area contributed by atoms with Gasteiger partial charge >= 0.3 is 0 Å². The van der Waals surface area contributed by atoms with Crippen LogP contribution in [0.4, 0.5) is 0 Å². The summed E-state index contributed by atoms with van der Waals surface area (Å²) >= 11 is 0. The number of nitrogens with zero attached hydrogens (tertiary/aromatic N) is 4. The van der Waals surface area contributed by atoms with Gasteiger partial charge in [0.1, 0.15) is 17.3 Å². The van der Waals surface area contributed by atoms with Crippen LogP contribution < -0.4 is 0 Å². The van der Waals surface area contributed by atoms with Gasteiger partial charge < -0.3 is 8.98 Å². The topological polar surface area (TPSA) is 71.6 Å². The second-order valence-corrected chi connectivity index (χ2v) is 9.45. The Bertz CT molecular complexity index is 873. The minimum Gasteiger partial charge on any atom is -0.465 e.